The molecule has 0 radical (unpaired) electrons. The van der Waals surface area contributed by atoms with Crippen molar-refractivity contribution in [3.05, 3.63) is 29.3 Å². The number of hydrogen-bond donors (Lipinski definition) is 1. The van der Waals surface area contributed by atoms with Crippen molar-refractivity contribution in [2.45, 2.75) is 26.2 Å². The fourth-order valence-corrected chi connectivity index (χ4v) is 2.64. The number of fused-ring (bicyclic) bond motifs is 1. The zero-order valence-electron chi connectivity index (χ0n) is 10.4. The van der Waals surface area contributed by atoms with Gasteiger partial charge in [-0.15, -0.1) is 0 Å². The van der Waals surface area contributed by atoms with Gasteiger partial charge in [-0.3, -0.25) is 14.5 Å². The molecule has 4 heteroatoms. The van der Waals surface area contributed by atoms with Crippen LogP contribution in [-0.4, -0.2) is 23.3 Å². The van der Waals surface area contributed by atoms with Crippen LogP contribution in [0.4, 0.5) is 5.69 Å². The van der Waals surface area contributed by atoms with Gasteiger partial charge >= 0.3 is 0 Å². The number of nitrogens with two attached hydrogens (primary N) is 1. The lowest BCUT2D eigenvalue weighted by molar-refractivity contribution is 0.0619. The van der Waals surface area contributed by atoms with Gasteiger partial charge < -0.3 is 5.73 Å². The molecular weight excluding hydrogens is 228 g/mol. The first-order valence-corrected chi connectivity index (χ1v) is 6.33. The second-order valence-electron chi connectivity index (χ2n) is 5.32. The van der Waals surface area contributed by atoms with E-state index in [1.54, 1.807) is 18.2 Å². The lowest BCUT2D eigenvalue weighted by Gasteiger charge is -2.20. The minimum atomic E-state index is -0.229. The molecule has 18 heavy (non-hydrogen) atoms. The number of nitrogen functional groups attached to an aromatic ring is 1. The van der Waals surface area contributed by atoms with Crippen LogP contribution in [0.5, 0.6) is 0 Å². The van der Waals surface area contributed by atoms with Crippen LogP contribution < -0.4 is 5.73 Å². The van der Waals surface area contributed by atoms with Crippen LogP contribution >= 0.6 is 0 Å². The Balaban J connectivity index is 1.95. The summed E-state index contributed by atoms with van der Waals surface area (Å²) in [5, 5.41) is 0. The molecule has 3 rings (SSSR count). The van der Waals surface area contributed by atoms with Gasteiger partial charge in [0.05, 0.1) is 11.1 Å². The molecule has 0 aromatic heterocycles. The predicted octanol–water partition coefficient (Wildman–Crippen LogP) is 2.05. The number of rotatable bonds is 3. The van der Waals surface area contributed by atoms with Gasteiger partial charge in [0.15, 0.2) is 0 Å². The first kappa shape index (κ1) is 11.3. The Hall–Kier alpha value is -1.84. The summed E-state index contributed by atoms with van der Waals surface area (Å²) >= 11 is 0. The Morgan fingerprint density at radius 3 is 2.56 bits per heavy atom. The summed E-state index contributed by atoms with van der Waals surface area (Å²) < 4.78 is 0. The van der Waals surface area contributed by atoms with Gasteiger partial charge in [0.2, 0.25) is 0 Å². The Morgan fingerprint density at radius 2 is 2.00 bits per heavy atom. The maximum atomic E-state index is 12.3. The van der Waals surface area contributed by atoms with Crippen molar-refractivity contribution in [3.8, 4) is 0 Å². The van der Waals surface area contributed by atoms with Crippen molar-refractivity contribution in [3.63, 3.8) is 0 Å². The average Bonchev–Trinajstić information content (AvgIpc) is 3.10. The minimum absolute atomic E-state index is 0.169. The molecule has 0 atom stereocenters. The van der Waals surface area contributed by atoms with Crippen LogP contribution in [0.3, 0.4) is 0 Å². The van der Waals surface area contributed by atoms with Crippen molar-refractivity contribution in [2.24, 2.45) is 5.41 Å². The van der Waals surface area contributed by atoms with E-state index in [9.17, 15) is 9.59 Å². The number of carbonyl (C=O) groups is 2. The lowest BCUT2D eigenvalue weighted by atomic mass is 10.0. The number of carbonyl (C=O) groups excluding carboxylic acids is 2. The van der Waals surface area contributed by atoms with Crippen molar-refractivity contribution in [2.75, 3.05) is 12.3 Å². The summed E-state index contributed by atoms with van der Waals surface area (Å²) in [6, 6.07) is 5.06. The number of anilines is 1. The lowest BCUT2D eigenvalue weighted by Crippen LogP contribution is -2.35. The van der Waals surface area contributed by atoms with Crippen molar-refractivity contribution in [1.82, 2.24) is 4.90 Å². The van der Waals surface area contributed by atoms with E-state index in [1.165, 1.54) is 4.90 Å². The third-order valence-corrected chi connectivity index (χ3v) is 4.23. The zero-order valence-corrected chi connectivity index (χ0v) is 10.4. The van der Waals surface area contributed by atoms with Gasteiger partial charge in [-0.25, -0.2) is 0 Å². The quantitative estimate of drug-likeness (QED) is 0.653. The number of imide groups is 1. The third kappa shape index (κ3) is 1.45. The first-order valence-electron chi connectivity index (χ1n) is 6.33. The van der Waals surface area contributed by atoms with E-state index in [-0.39, 0.29) is 17.2 Å². The van der Waals surface area contributed by atoms with E-state index in [4.69, 9.17) is 5.73 Å². The highest BCUT2D eigenvalue weighted by atomic mass is 16.2. The Morgan fingerprint density at radius 1 is 1.28 bits per heavy atom. The molecule has 2 aliphatic rings. The largest absolute Gasteiger partial charge is 0.398 e. The molecule has 1 fully saturated rings. The number of amides is 2. The van der Waals surface area contributed by atoms with Gasteiger partial charge in [0.1, 0.15) is 0 Å². The van der Waals surface area contributed by atoms with Crippen LogP contribution in [0.25, 0.3) is 0 Å². The molecule has 1 aromatic rings. The summed E-state index contributed by atoms with van der Waals surface area (Å²) in [6.07, 6.45) is 3.22. The van der Waals surface area contributed by atoms with Gasteiger partial charge in [-0.2, -0.15) is 0 Å². The van der Waals surface area contributed by atoms with E-state index < -0.39 is 0 Å². The summed E-state index contributed by atoms with van der Waals surface area (Å²) in [5.41, 5.74) is 7.20. The van der Waals surface area contributed by atoms with E-state index in [0.717, 1.165) is 19.3 Å². The van der Waals surface area contributed by atoms with Gasteiger partial charge in [-0.05, 0) is 36.8 Å². The molecule has 1 aliphatic carbocycles. The number of benzene rings is 1. The molecule has 0 saturated heterocycles. The molecule has 0 bridgehead atoms. The van der Waals surface area contributed by atoms with Gasteiger partial charge in [0.25, 0.3) is 11.8 Å². The van der Waals surface area contributed by atoms with Crippen molar-refractivity contribution >= 4 is 17.5 Å². The molecule has 1 aromatic carbocycles. The molecular formula is C14H16N2O2. The summed E-state index contributed by atoms with van der Waals surface area (Å²) in [4.78, 5) is 25.9. The molecule has 1 aliphatic heterocycles. The molecule has 2 amide bonds. The van der Waals surface area contributed by atoms with Crippen molar-refractivity contribution in [1.29, 1.82) is 0 Å². The summed E-state index contributed by atoms with van der Waals surface area (Å²) in [7, 11) is 0. The van der Waals surface area contributed by atoms with E-state index in [1.807, 2.05) is 0 Å². The maximum Gasteiger partial charge on any atom is 0.263 e. The van der Waals surface area contributed by atoms with Crippen LogP contribution in [0, 0.1) is 5.41 Å². The SMILES string of the molecule is CCC1(CN2C(=O)c3cccc(N)c3C2=O)CC1. The van der Waals surface area contributed by atoms with Crippen LogP contribution in [0.1, 0.15) is 46.9 Å². The first-order chi connectivity index (χ1) is 8.58. The van der Waals surface area contributed by atoms with Gasteiger partial charge in [0, 0.05) is 12.2 Å². The normalized spacial score (nSPS) is 20.2. The maximum absolute atomic E-state index is 12.3. The molecule has 94 valence electrons. The minimum Gasteiger partial charge on any atom is -0.398 e. The highest BCUT2D eigenvalue weighted by molar-refractivity contribution is 6.23. The average molecular weight is 244 g/mol. The van der Waals surface area contributed by atoms with Crippen LogP contribution in [0.2, 0.25) is 0 Å². The molecule has 0 spiro atoms. The summed E-state index contributed by atoms with van der Waals surface area (Å²) in [5.74, 6) is -0.421. The molecule has 2 N–H and O–H groups in total. The van der Waals surface area contributed by atoms with Crippen molar-refractivity contribution < 1.29 is 9.59 Å². The molecule has 4 nitrogen and oxygen atoms in total. The van der Waals surface area contributed by atoms with Crippen LogP contribution in [0.15, 0.2) is 18.2 Å². The Bertz CT molecular complexity index is 547. The second kappa shape index (κ2) is 3.57. The highest BCUT2D eigenvalue weighted by Crippen LogP contribution is 2.50. The van der Waals surface area contributed by atoms with E-state index in [0.29, 0.717) is 23.4 Å². The fraction of sp³-hybridized carbons (Fsp3) is 0.429. The number of nitrogens with zero attached hydrogens (tertiary/aromatic N) is 1. The van der Waals surface area contributed by atoms with E-state index >= 15 is 0 Å². The molecule has 1 heterocycles. The fourth-order valence-electron chi connectivity index (χ4n) is 2.64. The van der Waals surface area contributed by atoms with Crippen LogP contribution in [-0.2, 0) is 0 Å². The standard InChI is InChI=1S/C14H16N2O2/c1-2-14(6-7-14)8-16-12(17)9-4-3-5-10(15)11(9)13(16)18/h3-5H,2,6-8,15H2,1H3. The topological polar surface area (TPSA) is 63.4 Å². The number of hydrogen-bond acceptors (Lipinski definition) is 3. The third-order valence-electron chi connectivity index (χ3n) is 4.23. The Kier molecular flexibility index (Phi) is 2.24. The molecule has 0 unspecified atom stereocenters. The Labute approximate surface area is 106 Å². The van der Waals surface area contributed by atoms with E-state index in [2.05, 4.69) is 6.92 Å². The zero-order chi connectivity index (χ0) is 12.9. The molecule has 1 saturated carbocycles. The predicted molar refractivity (Wildman–Crippen MR) is 68.2 cm³/mol. The highest BCUT2D eigenvalue weighted by Gasteiger charge is 2.47. The second-order valence-corrected chi connectivity index (χ2v) is 5.32. The van der Waals surface area contributed by atoms with Gasteiger partial charge in [-0.1, -0.05) is 13.0 Å². The smallest absolute Gasteiger partial charge is 0.263 e. The monoisotopic (exact) mass is 244 g/mol. The summed E-state index contributed by atoms with van der Waals surface area (Å²) in [6.45, 7) is 2.65.